The van der Waals surface area contributed by atoms with Gasteiger partial charge in [-0.1, -0.05) is 0 Å². The number of rotatable bonds is 1. The number of thiophene rings is 1. The van der Waals surface area contributed by atoms with E-state index in [1.165, 1.54) is 4.70 Å². The Morgan fingerprint density at radius 1 is 1.38 bits per heavy atom. The van der Waals surface area contributed by atoms with Crippen LogP contribution in [0.25, 0.3) is 21.6 Å². The Balaban J connectivity index is 2.29. The molecule has 4 nitrogen and oxygen atoms in total. The zero-order chi connectivity index (χ0) is 11.1. The van der Waals surface area contributed by atoms with Gasteiger partial charge in [-0.15, -0.1) is 11.3 Å². The van der Waals surface area contributed by atoms with Crippen LogP contribution in [0.2, 0.25) is 0 Å². The number of hydrogen-bond donors (Lipinski definition) is 0. The number of aromatic nitrogens is 4. The average Bonchev–Trinajstić information content (AvgIpc) is 2.83. The molecule has 3 heterocycles. The molecule has 0 aliphatic rings. The summed E-state index contributed by atoms with van der Waals surface area (Å²) in [6.45, 7) is 0. The first-order valence-corrected chi connectivity index (χ1v) is 6.84. The van der Waals surface area contributed by atoms with Crippen LogP contribution in [-0.4, -0.2) is 30.0 Å². The quantitative estimate of drug-likeness (QED) is 0.571. The Labute approximate surface area is 99.4 Å². The highest BCUT2D eigenvalue weighted by Gasteiger charge is 2.12. The first-order chi connectivity index (χ1) is 7.75. The average molecular weight is 246 g/mol. The van der Waals surface area contributed by atoms with E-state index in [0.717, 1.165) is 32.6 Å². The van der Waals surface area contributed by atoms with E-state index in [9.17, 15) is 0 Å². The summed E-state index contributed by atoms with van der Waals surface area (Å²) < 4.78 is 3.10. The zero-order valence-electron chi connectivity index (χ0n) is 9.01. The fraction of sp³-hybridized carbons (Fsp3) is 0.100. The van der Waals surface area contributed by atoms with Crippen LogP contribution in [0.4, 0.5) is 0 Å². The SMILES string of the molecule is Cn1nc(-c2ccnc([SiH3])n2)c2sccc21. The van der Waals surface area contributed by atoms with Gasteiger partial charge in [-0.25, -0.2) is 9.97 Å². The topological polar surface area (TPSA) is 43.6 Å². The maximum atomic E-state index is 4.51. The van der Waals surface area contributed by atoms with Crippen molar-refractivity contribution in [2.75, 3.05) is 0 Å². The van der Waals surface area contributed by atoms with Crippen LogP contribution in [0.5, 0.6) is 0 Å². The summed E-state index contributed by atoms with van der Waals surface area (Å²) >= 11 is 1.70. The van der Waals surface area contributed by atoms with Crippen LogP contribution < -0.4 is 5.45 Å². The van der Waals surface area contributed by atoms with E-state index in [0.29, 0.717) is 0 Å². The molecule has 0 aliphatic heterocycles. The number of nitrogens with zero attached hydrogens (tertiary/aromatic N) is 4. The molecule has 0 aliphatic carbocycles. The van der Waals surface area contributed by atoms with E-state index >= 15 is 0 Å². The Morgan fingerprint density at radius 2 is 2.25 bits per heavy atom. The van der Waals surface area contributed by atoms with Crippen LogP contribution in [0, 0.1) is 0 Å². The molecule has 16 heavy (non-hydrogen) atoms. The molecule has 3 aromatic rings. The molecule has 0 spiro atoms. The van der Waals surface area contributed by atoms with Gasteiger partial charge in [0.2, 0.25) is 0 Å². The third kappa shape index (κ3) is 1.38. The van der Waals surface area contributed by atoms with Crippen molar-refractivity contribution < 1.29 is 0 Å². The minimum atomic E-state index is 0.864. The second-order valence-corrected chi connectivity index (χ2v) is 5.41. The molecule has 80 valence electrons. The van der Waals surface area contributed by atoms with Crippen LogP contribution in [0.15, 0.2) is 23.7 Å². The van der Waals surface area contributed by atoms with E-state index in [4.69, 9.17) is 0 Å². The van der Waals surface area contributed by atoms with Crippen molar-refractivity contribution in [2.45, 2.75) is 0 Å². The Hall–Kier alpha value is -1.53. The summed E-state index contributed by atoms with van der Waals surface area (Å²) in [6, 6.07) is 4.00. The predicted molar refractivity (Wildman–Crippen MR) is 69.2 cm³/mol. The van der Waals surface area contributed by atoms with Gasteiger partial charge >= 0.3 is 0 Å². The number of hydrogen-bond acceptors (Lipinski definition) is 4. The van der Waals surface area contributed by atoms with Crippen molar-refractivity contribution in [3.05, 3.63) is 23.7 Å². The molecule has 0 saturated carbocycles. The van der Waals surface area contributed by atoms with Gasteiger partial charge in [-0.05, 0) is 17.5 Å². The number of aryl methyl sites for hydroxylation is 1. The van der Waals surface area contributed by atoms with E-state index in [-0.39, 0.29) is 0 Å². The zero-order valence-corrected chi connectivity index (χ0v) is 11.8. The molecule has 0 unspecified atom stereocenters. The molecule has 3 aromatic heterocycles. The molecule has 0 aromatic carbocycles. The normalized spacial score (nSPS) is 11.3. The Bertz CT molecular complexity index is 658. The predicted octanol–water partition coefficient (Wildman–Crippen LogP) is 0.0825. The van der Waals surface area contributed by atoms with Gasteiger partial charge in [0.15, 0.2) is 0 Å². The fourth-order valence-corrected chi connectivity index (χ4v) is 3.04. The molecule has 0 saturated heterocycles. The molecule has 3 rings (SSSR count). The van der Waals surface area contributed by atoms with Gasteiger partial charge in [0.25, 0.3) is 0 Å². The van der Waals surface area contributed by atoms with Crippen molar-refractivity contribution >= 4 is 37.2 Å². The summed E-state index contributed by atoms with van der Waals surface area (Å²) in [4.78, 5) is 8.63. The molecule has 0 amide bonds. The first-order valence-electron chi connectivity index (χ1n) is 4.96. The largest absolute Gasteiger partial charge is 0.266 e. The minimum Gasteiger partial charge on any atom is -0.266 e. The molecule has 0 radical (unpaired) electrons. The van der Waals surface area contributed by atoms with Crippen LogP contribution in [0.3, 0.4) is 0 Å². The monoisotopic (exact) mass is 246 g/mol. The lowest BCUT2D eigenvalue weighted by molar-refractivity contribution is 0.799. The van der Waals surface area contributed by atoms with Crippen molar-refractivity contribution in [2.24, 2.45) is 7.05 Å². The molecular weight excluding hydrogens is 236 g/mol. The lowest BCUT2D eigenvalue weighted by Crippen LogP contribution is -2.12. The summed E-state index contributed by atoms with van der Waals surface area (Å²) in [7, 11) is 2.82. The van der Waals surface area contributed by atoms with Gasteiger partial charge in [0, 0.05) is 13.2 Å². The van der Waals surface area contributed by atoms with E-state index in [2.05, 4.69) is 26.5 Å². The van der Waals surface area contributed by atoms with Gasteiger partial charge in [0.05, 0.1) is 31.6 Å². The maximum absolute atomic E-state index is 4.51. The maximum Gasteiger partial charge on any atom is 0.129 e. The molecule has 0 atom stereocenters. The van der Waals surface area contributed by atoms with Crippen molar-refractivity contribution in [1.29, 1.82) is 0 Å². The summed E-state index contributed by atoms with van der Waals surface area (Å²) in [5, 5.41) is 6.60. The van der Waals surface area contributed by atoms with Gasteiger partial charge in [-0.2, -0.15) is 5.10 Å². The lowest BCUT2D eigenvalue weighted by Gasteiger charge is -1.96. The van der Waals surface area contributed by atoms with Crippen LogP contribution >= 0.6 is 11.3 Å². The smallest absolute Gasteiger partial charge is 0.129 e. The Morgan fingerprint density at radius 3 is 3.06 bits per heavy atom. The second-order valence-electron chi connectivity index (χ2n) is 3.60. The van der Waals surface area contributed by atoms with E-state index in [1.54, 1.807) is 17.5 Å². The van der Waals surface area contributed by atoms with Crippen molar-refractivity contribution in [3.63, 3.8) is 0 Å². The van der Waals surface area contributed by atoms with Gasteiger partial charge in [-0.3, -0.25) is 4.68 Å². The number of fused-ring (bicyclic) bond motifs is 1. The van der Waals surface area contributed by atoms with E-state index in [1.807, 2.05) is 17.8 Å². The van der Waals surface area contributed by atoms with Crippen LogP contribution in [0.1, 0.15) is 0 Å². The lowest BCUT2D eigenvalue weighted by atomic mass is 10.3. The molecular formula is C10H10N4SSi. The molecule has 6 heteroatoms. The highest BCUT2D eigenvalue weighted by atomic mass is 32.1. The summed E-state index contributed by atoms with van der Waals surface area (Å²) in [5.41, 5.74) is 3.96. The third-order valence-corrected chi connectivity index (χ3v) is 3.87. The van der Waals surface area contributed by atoms with Crippen molar-refractivity contribution in [1.82, 2.24) is 19.7 Å². The molecule has 0 bridgehead atoms. The highest BCUT2D eigenvalue weighted by Crippen LogP contribution is 2.29. The fourth-order valence-electron chi connectivity index (χ4n) is 1.74. The minimum absolute atomic E-state index is 0.864. The Kier molecular flexibility index (Phi) is 2.11. The standard InChI is InChI=1S/C10H10N4SSi/c1-14-7-3-5-15-9(7)8(13-14)6-2-4-11-10(16)12-6/h2-5H,1,16H3. The van der Waals surface area contributed by atoms with Gasteiger partial charge in [0.1, 0.15) is 5.69 Å². The highest BCUT2D eigenvalue weighted by molar-refractivity contribution is 7.17. The summed E-state index contributed by atoms with van der Waals surface area (Å²) in [6.07, 6.45) is 1.80. The van der Waals surface area contributed by atoms with E-state index < -0.39 is 0 Å². The second kappa shape index (κ2) is 3.50. The van der Waals surface area contributed by atoms with Crippen LogP contribution in [-0.2, 0) is 7.05 Å². The first kappa shape index (κ1) is 9.68. The molecule has 0 N–H and O–H groups in total. The van der Waals surface area contributed by atoms with Crippen molar-refractivity contribution in [3.8, 4) is 11.4 Å². The third-order valence-electron chi connectivity index (χ3n) is 2.48. The summed E-state index contributed by atoms with van der Waals surface area (Å²) in [5.74, 6) is 0. The molecule has 0 fully saturated rings. The van der Waals surface area contributed by atoms with Gasteiger partial charge < -0.3 is 0 Å².